The van der Waals surface area contributed by atoms with Crippen LogP contribution in [-0.4, -0.2) is 34.3 Å². The second-order valence-electron chi connectivity index (χ2n) is 6.75. The smallest absolute Gasteiger partial charge is 0.416 e. The Labute approximate surface area is 164 Å². The Hall–Kier alpha value is -3.36. The zero-order chi connectivity index (χ0) is 20.8. The third kappa shape index (κ3) is 3.32. The normalized spacial score (nSPS) is 16.7. The lowest BCUT2D eigenvalue weighted by Gasteiger charge is -2.32. The quantitative estimate of drug-likeness (QED) is 0.659. The lowest BCUT2D eigenvalue weighted by atomic mass is 10.0. The number of benzene rings is 1. The van der Waals surface area contributed by atoms with E-state index < -0.39 is 11.7 Å². The van der Waals surface area contributed by atoms with E-state index in [0.29, 0.717) is 34.9 Å². The largest absolute Gasteiger partial charge is 0.481 e. The number of rotatable bonds is 3. The maximum Gasteiger partial charge on any atom is 0.416 e. The van der Waals surface area contributed by atoms with Gasteiger partial charge in [0.2, 0.25) is 5.88 Å². The van der Waals surface area contributed by atoms with Crippen LogP contribution in [0.4, 0.5) is 18.9 Å². The maximum absolute atomic E-state index is 13.2. The molecule has 29 heavy (non-hydrogen) atoms. The van der Waals surface area contributed by atoms with Crippen molar-refractivity contribution in [3.63, 3.8) is 0 Å². The molecule has 1 aromatic carbocycles. The molecule has 1 amide bonds. The van der Waals surface area contributed by atoms with E-state index in [2.05, 4.69) is 10.1 Å². The first-order valence-corrected chi connectivity index (χ1v) is 8.86. The number of hydrogen-bond acceptors (Lipinski definition) is 4. The second-order valence-corrected chi connectivity index (χ2v) is 6.75. The van der Waals surface area contributed by atoms with Crippen molar-refractivity contribution in [2.24, 2.45) is 0 Å². The molecule has 1 aliphatic heterocycles. The lowest BCUT2D eigenvalue weighted by molar-refractivity contribution is -0.137. The van der Waals surface area contributed by atoms with Gasteiger partial charge < -0.3 is 9.64 Å². The summed E-state index contributed by atoms with van der Waals surface area (Å²) in [5.41, 5.74) is 1.32. The SMILES string of the molecule is COc1ccc(-c2cnn3c2C(=O)N(c2ccc(C(F)(F)F)cc2)C[C@@H]3C)cn1. The Kier molecular flexibility index (Phi) is 4.52. The van der Waals surface area contributed by atoms with Crippen molar-refractivity contribution in [1.29, 1.82) is 0 Å². The van der Waals surface area contributed by atoms with Crippen LogP contribution in [0, 0.1) is 0 Å². The summed E-state index contributed by atoms with van der Waals surface area (Å²) in [5.74, 6) is 0.118. The van der Waals surface area contributed by atoms with Gasteiger partial charge in [0.15, 0.2) is 0 Å². The fraction of sp³-hybridized carbons (Fsp3) is 0.250. The number of carbonyl (C=O) groups is 1. The van der Waals surface area contributed by atoms with Gasteiger partial charge in [-0.05, 0) is 37.3 Å². The number of fused-ring (bicyclic) bond motifs is 1. The molecule has 0 fully saturated rings. The van der Waals surface area contributed by atoms with E-state index in [9.17, 15) is 18.0 Å². The monoisotopic (exact) mass is 402 g/mol. The van der Waals surface area contributed by atoms with E-state index >= 15 is 0 Å². The number of aromatic nitrogens is 3. The van der Waals surface area contributed by atoms with Crippen LogP contribution in [-0.2, 0) is 6.18 Å². The van der Waals surface area contributed by atoms with Gasteiger partial charge in [0, 0.05) is 35.6 Å². The van der Waals surface area contributed by atoms with Crippen LogP contribution in [0.2, 0.25) is 0 Å². The predicted molar refractivity (Wildman–Crippen MR) is 99.8 cm³/mol. The molecule has 0 saturated heterocycles. The van der Waals surface area contributed by atoms with Crippen LogP contribution in [0.3, 0.4) is 0 Å². The van der Waals surface area contributed by atoms with Crippen LogP contribution in [0.25, 0.3) is 11.1 Å². The van der Waals surface area contributed by atoms with Crippen LogP contribution >= 0.6 is 0 Å². The molecule has 0 N–H and O–H groups in total. The van der Waals surface area contributed by atoms with Gasteiger partial charge in [0.1, 0.15) is 5.69 Å². The highest BCUT2D eigenvalue weighted by molar-refractivity contribution is 6.09. The molecule has 3 aromatic rings. The molecule has 6 nitrogen and oxygen atoms in total. The zero-order valence-electron chi connectivity index (χ0n) is 15.6. The van der Waals surface area contributed by atoms with E-state index in [-0.39, 0.29) is 11.9 Å². The van der Waals surface area contributed by atoms with Gasteiger partial charge in [-0.1, -0.05) is 0 Å². The highest BCUT2D eigenvalue weighted by Crippen LogP contribution is 2.34. The number of ether oxygens (including phenoxy) is 1. The number of halogens is 3. The van der Waals surface area contributed by atoms with Gasteiger partial charge in [-0.3, -0.25) is 9.48 Å². The summed E-state index contributed by atoms with van der Waals surface area (Å²) in [5, 5.41) is 4.34. The van der Waals surface area contributed by atoms with Crippen LogP contribution in [0.15, 0.2) is 48.8 Å². The number of methoxy groups -OCH3 is 1. The number of amides is 1. The average molecular weight is 402 g/mol. The highest BCUT2D eigenvalue weighted by Gasteiger charge is 2.35. The molecule has 0 aliphatic carbocycles. The fourth-order valence-electron chi connectivity index (χ4n) is 3.39. The first-order valence-electron chi connectivity index (χ1n) is 8.86. The van der Waals surface area contributed by atoms with Gasteiger partial charge in [-0.25, -0.2) is 4.98 Å². The van der Waals surface area contributed by atoms with Gasteiger partial charge in [-0.15, -0.1) is 0 Å². The Morgan fingerprint density at radius 1 is 1.10 bits per heavy atom. The lowest BCUT2D eigenvalue weighted by Crippen LogP contribution is -2.42. The molecular weight excluding hydrogens is 385 g/mol. The molecule has 4 rings (SSSR count). The van der Waals surface area contributed by atoms with Gasteiger partial charge >= 0.3 is 6.18 Å². The Morgan fingerprint density at radius 3 is 2.41 bits per heavy atom. The summed E-state index contributed by atoms with van der Waals surface area (Å²) in [6.07, 6.45) is -1.24. The Balaban J connectivity index is 1.72. The number of pyridine rings is 1. The highest BCUT2D eigenvalue weighted by atomic mass is 19.4. The van der Waals surface area contributed by atoms with Crippen molar-refractivity contribution in [2.45, 2.75) is 19.1 Å². The molecule has 0 radical (unpaired) electrons. The Bertz CT molecular complexity index is 1040. The molecular formula is C20H17F3N4O2. The van der Waals surface area contributed by atoms with Crippen LogP contribution in [0.5, 0.6) is 5.88 Å². The molecule has 9 heteroatoms. The Morgan fingerprint density at radius 2 is 1.83 bits per heavy atom. The summed E-state index contributed by atoms with van der Waals surface area (Å²) in [7, 11) is 1.51. The van der Waals surface area contributed by atoms with E-state index in [1.54, 1.807) is 29.2 Å². The first kappa shape index (κ1) is 19.0. The summed E-state index contributed by atoms with van der Waals surface area (Å²) < 4.78 is 45.2. The number of hydrogen-bond donors (Lipinski definition) is 0. The molecule has 0 unspecified atom stereocenters. The number of carbonyl (C=O) groups excluding carboxylic acids is 1. The van der Waals surface area contributed by atoms with Gasteiger partial charge in [0.25, 0.3) is 5.91 Å². The third-order valence-electron chi connectivity index (χ3n) is 4.87. The van der Waals surface area contributed by atoms with E-state index in [1.807, 2.05) is 6.92 Å². The molecule has 150 valence electrons. The van der Waals surface area contributed by atoms with Gasteiger partial charge in [-0.2, -0.15) is 18.3 Å². The predicted octanol–water partition coefficient (Wildman–Crippen LogP) is 4.19. The molecule has 0 saturated carbocycles. The molecule has 0 spiro atoms. The topological polar surface area (TPSA) is 60.3 Å². The number of nitrogens with zero attached hydrogens (tertiary/aromatic N) is 4. The van der Waals surface area contributed by atoms with Gasteiger partial charge in [0.05, 0.1) is 24.9 Å². The van der Waals surface area contributed by atoms with E-state index in [1.165, 1.54) is 24.1 Å². The summed E-state index contributed by atoms with van der Waals surface area (Å²) in [6, 6.07) is 7.90. The minimum atomic E-state index is -4.43. The van der Waals surface area contributed by atoms with Crippen molar-refractivity contribution in [1.82, 2.24) is 14.8 Å². The van der Waals surface area contributed by atoms with E-state index in [0.717, 1.165) is 12.1 Å². The molecule has 2 aromatic heterocycles. The molecule has 1 atom stereocenters. The van der Waals surface area contributed by atoms with Crippen molar-refractivity contribution in [2.75, 3.05) is 18.6 Å². The fourth-order valence-corrected chi connectivity index (χ4v) is 3.39. The van der Waals surface area contributed by atoms with Crippen molar-refractivity contribution in [3.05, 3.63) is 60.0 Å². The van der Waals surface area contributed by atoms with Crippen LogP contribution in [0.1, 0.15) is 29.0 Å². The van der Waals surface area contributed by atoms with E-state index in [4.69, 9.17) is 4.74 Å². The standard InChI is InChI=1S/C20H17F3N4O2/c1-12-11-26(15-6-4-14(5-7-15)20(21,22)23)19(28)18-16(10-25-27(12)18)13-3-8-17(29-2)24-9-13/h3-10,12H,11H2,1-2H3/t12-/m0/s1. The molecule has 0 bridgehead atoms. The third-order valence-corrected chi connectivity index (χ3v) is 4.87. The van der Waals surface area contributed by atoms with Crippen molar-refractivity contribution < 1.29 is 22.7 Å². The number of anilines is 1. The van der Waals surface area contributed by atoms with Crippen LogP contribution < -0.4 is 9.64 Å². The molecule has 3 heterocycles. The van der Waals surface area contributed by atoms with Crippen molar-refractivity contribution in [3.8, 4) is 17.0 Å². The minimum absolute atomic E-state index is 0.148. The average Bonchev–Trinajstić information content (AvgIpc) is 3.16. The number of alkyl halides is 3. The summed E-state index contributed by atoms with van der Waals surface area (Å²) >= 11 is 0. The summed E-state index contributed by atoms with van der Waals surface area (Å²) in [6.45, 7) is 2.20. The maximum atomic E-state index is 13.2. The first-order chi connectivity index (χ1) is 13.8. The van der Waals surface area contributed by atoms with Crippen molar-refractivity contribution >= 4 is 11.6 Å². The minimum Gasteiger partial charge on any atom is -0.481 e. The second kappa shape index (κ2) is 6.91. The molecule has 1 aliphatic rings. The zero-order valence-corrected chi connectivity index (χ0v) is 15.6. The summed E-state index contributed by atoms with van der Waals surface area (Å²) in [4.78, 5) is 18.9.